The Morgan fingerprint density at radius 2 is 1.97 bits per heavy atom. The first-order chi connectivity index (χ1) is 15.0. The van der Waals surface area contributed by atoms with Crippen molar-refractivity contribution in [1.82, 2.24) is 10.6 Å². The number of urea groups is 1. The zero-order valence-corrected chi connectivity index (χ0v) is 18.5. The van der Waals surface area contributed by atoms with Crippen LogP contribution in [0, 0.1) is 5.92 Å². The van der Waals surface area contributed by atoms with Crippen molar-refractivity contribution < 1.29 is 14.3 Å². The summed E-state index contributed by atoms with van der Waals surface area (Å²) in [5.41, 5.74) is 2.89. The predicted octanol–water partition coefficient (Wildman–Crippen LogP) is 3.93. The van der Waals surface area contributed by atoms with Gasteiger partial charge in [-0.3, -0.25) is 4.79 Å². The Bertz CT molecular complexity index is 885. The Morgan fingerprint density at radius 1 is 1.19 bits per heavy atom. The average molecular weight is 425 g/mol. The van der Waals surface area contributed by atoms with Gasteiger partial charge in [0.1, 0.15) is 5.75 Å². The summed E-state index contributed by atoms with van der Waals surface area (Å²) in [7, 11) is 1.67. The standard InChI is InChI=1S/C24H32N4O3/c1-4-23(29)27-20-10-8-19(9-11-20)17(2)26-24(30)25-15-18-12-13-28(16-18)21-6-5-7-22(14-21)31-3/h5-11,14,17-18H,4,12-13,15-16H2,1-3H3,(H,27,29)(H2,25,26,30). The Kier molecular flexibility index (Phi) is 7.76. The van der Waals surface area contributed by atoms with Crippen molar-refractivity contribution in [2.45, 2.75) is 32.7 Å². The fourth-order valence-corrected chi connectivity index (χ4v) is 3.71. The third kappa shape index (κ3) is 6.38. The number of carbonyl (C=O) groups excluding carboxylic acids is 2. The van der Waals surface area contributed by atoms with Crippen molar-refractivity contribution in [2.24, 2.45) is 5.92 Å². The first-order valence-corrected chi connectivity index (χ1v) is 10.8. The van der Waals surface area contributed by atoms with Gasteiger partial charge >= 0.3 is 6.03 Å². The Hall–Kier alpha value is -3.22. The lowest BCUT2D eigenvalue weighted by molar-refractivity contribution is -0.115. The monoisotopic (exact) mass is 424 g/mol. The third-order valence-corrected chi connectivity index (χ3v) is 5.62. The highest BCUT2D eigenvalue weighted by atomic mass is 16.5. The van der Waals surface area contributed by atoms with Crippen molar-refractivity contribution >= 4 is 23.3 Å². The second kappa shape index (κ2) is 10.7. The van der Waals surface area contributed by atoms with Crippen molar-refractivity contribution in [3.8, 4) is 5.75 Å². The molecule has 1 saturated heterocycles. The summed E-state index contributed by atoms with van der Waals surface area (Å²) in [6.45, 7) is 6.28. The van der Waals surface area contributed by atoms with E-state index in [0.29, 0.717) is 18.9 Å². The maximum absolute atomic E-state index is 12.4. The Balaban J connectivity index is 1.43. The molecule has 0 aromatic heterocycles. The van der Waals surface area contributed by atoms with Crippen molar-refractivity contribution in [3.63, 3.8) is 0 Å². The molecular formula is C24H32N4O3. The van der Waals surface area contributed by atoms with Crippen LogP contribution in [0.3, 0.4) is 0 Å². The lowest BCUT2D eigenvalue weighted by Crippen LogP contribution is -2.40. The molecule has 31 heavy (non-hydrogen) atoms. The highest BCUT2D eigenvalue weighted by molar-refractivity contribution is 5.90. The second-order valence-electron chi connectivity index (χ2n) is 7.90. The molecule has 166 valence electrons. The molecule has 3 amide bonds. The summed E-state index contributed by atoms with van der Waals surface area (Å²) >= 11 is 0. The van der Waals surface area contributed by atoms with Gasteiger partial charge in [0.2, 0.25) is 5.91 Å². The molecule has 1 aliphatic heterocycles. The van der Waals surface area contributed by atoms with E-state index in [9.17, 15) is 9.59 Å². The van der Waals surface area contributed by atoms with Gasteiger partial charge in [0.05, 0.1) is 13.2 Å². The van der Waals surface area contributed by atoms with Crippen LogP contribution in [0.1, 0.15) is 38.3 Å². The van der Waals surface area contributed by atoms with Gasteiger partial charge in [0.15, 0.2) is 0 Å². The first kappa shape index (κ1) is 22.5. The minimum absolute atomic E-state index is 0.0184. The van der Waals surface area contributed by atoms with Gasteiger partial charge < -0.3 is 25.6 Å². The molecule has 3 N–H and O–H groups in total. The molecule has 0 bridgehead atoms. The molecule has 2 aromatic carbocycles. The highest BCUT2D eigenvalue weighted by Crippen LogP contribution is 2.26. The number of anilines is 2. The zero-order valence-electron chi connectivity index (χ0n) is 18.5. The Labute approximate surface area is 184 Å². The molecule has 1 heterocycles. The number of hydrogen-bond donors (Lipinski definition) is 3. The molecule has 7 heteroatoms. The lowest BCUT2D eigenvalue weighted by Gasteiger charge is -2.20. The van der Waals surface area contributed by atoms with Gasteiger partial charge in [-0.25, -0.2) is 4.79 Å². The molecule has 3 rings (SSSR count). The van der Waals surface area contributed by atoms with E-state index < -0.39 is 0 Å². The second-order valence-corrected chi connectivity index (χ2v) is 7.90. The normalized spacial score (nSPS) is 16.5. The minimum Gasteiger partial charge on any atom is -0.497 e. The third-order valence-electron chi connectivity index (χ3n) is 5.62. The van der Waals surface area contributed by atoms with E-state index in [0.717, 1.165) is 42.2 Å². The maximum atomic E-state index is 12.4. The summed E-state index contributed by atoms with van der Waals surface area (Å²) in [6.07, 6.45) is 1.48. The summed E-state index contributed by atoms with van der Waals surface area (Å²) in [4.78, 5) is 26.2. The number of rotatable bonds is 8. The SMILES string of the molecule is CCC(=O)Nc1ccc(C(C)NC(=O)NCC2CCN(c3cccc(OC)c3)C2)cc1. The van der Waals surface area contributed by atoms with Crippen LogP contribution < -0.4 is 25.6 Å². The van der Waals surface area contributed by atoms with E-state index in [1.165, 1.54) is 0 Å². The predicted molar refractivity (Wildman–Crippen MR) is 124 cm³/mol. The van der Waals surface area contributed by atoms with Crippen LogP contribution >= 0.6 is 0 Å². The number of hydrogen-bond acceptors (Lipinski definition) is 4. The van der Waals surface area contributed by atoms with Gasteiger partial charge in [-0.2, -0.15) is 0 Å². The molecule has 1 fully saturated rings. The topological polar surface area (TPSA) is 82.7 Å². The fraction of sp³-hybridized carbons (Fsp3) is 0.417. The van der Waals surface area contributed by atoms with Crippen molar-refractivity contribution in [2.75, 3.05) is 37.0 Å². The largest absolute Gasteiger partial charge is 0.497 e. The number of methoxy groups -OCH3 is 1. The zero-order chi connectivity index (χ0) is 22.2. The number of nitrogens with one attached hydrogen (secondary N) is 3. The number of carbonyl (C=O) groups is 2. The van der Waals surface area contributed by atoms with Gasteiger partial charge in [0, 0.05) is 43.5 Å². The Morgan fingerprint density at radius 3 is 2.68 bits per heavy atom. The lowest BCUT2D eigenvalue weighted by atomic mass is 10.1. The van der Waals surface area contributed by atoms with Gasteiger partial charge in [0.25, 0.3) is 0 Å². The van der Waals surface area contributed by atoms with Crippen LogP contribution in [0.4, 0.5) is 16.2 Å². The first-order valence-electron chi connectivity index (χ1n) is 10.8. The van der Waals surface area contributed by atoms with Crippen LogP contribution in [-0.2, 0) is 4.79 Å². The summed E-state index contributed by atoms with van der Waals surface area (Å²) in [5, 5.41) is 8.81. The molecular weight excluding hydrogens is 392 g/mol. The van der Waals surface area contributed by atoms with E-state index >= 15 is 0 Å². The number of nitrogens with zero attached hydrogens (tertiary/aromatic N) is 1. The van der Waals surface area contributed by atoms with Gasteiger partial charge in [-0.05, 0) is 49.1 Å². The van der Waals surface area contributed by atoms with E-state index in [4.69, 9.17) is 4.74 Å². The van der Waals surface area contributed by atoms with Crippen LogP contribution in [0.25, 0.3) is 0 Å². The number of amides is 3. The highest BCUT2D eigenvalue weighted by Gasteiger charge is 2.23. The molecule has 0 aliphatic carbocycles. The molecule has 0 saturated carbocycles. The molecule has 2 atom stereocenters. The average Bonchev–Trinajstić information content (AvgIpc) is 3.27. The number of ether oxygens (including phenoxy) is 1. The van der Waals surface area contributed by atoms with Crippen molar-refractivity contribution in [3.05, 3.63) is 54.1 Å². The van der Waals surface area contributed by atoms with E-state index in [1.54, 1.807) is 7.11 Å². The van der Waals surface area contributed by atoms with Gasteiger partial charge in [-0.1, -0.05) is 25.1 Å². The van der Waals surface area contributed by atoms with E-state index in [-0.39, 0.29) is 18.0 Å². The smallest absolute Gasteiger partial charge is 0.315 e. The fourth-order valence-electron chi connectivity index (χ4n) is 3.71. The van der Waals surface area contributed by atoms with E-state index in [2.05, 4.69) is 26.9 Å². The summed E-state index contributed by atoms with van der Waals surface area (Å²) < 4.78 is 5.31. The number of benzene rings is 2. The molecule has 7 nitrogen and oxygen atoms in total. The summed E-state index contributed by atoms with van der Waals surface area (Å²) in [6, 6.07) is 15.3. The minimum atomic E-state index is -0.171. The van der Waals surface area contributed by atoms with Gasteiger partial charge in [-0.15, -0.1) is 0 Å². The maximum Gasteiger partial charge on any atom is 0.315 e. The van der Waals surface area contributed by atoms with Crippen molar-refractivity contribution in [1.29, 1.82) is 0 Å². The molecule has 0 spiro atoms. The molecule has 0 radical (unpaired) electrons. The molecule has 2 aromatic rings. The van der Waals surface area contributed by atoms with Crippen LogP contribution in [-0.4, -0.2) is 38.7 Å². The van der Waals surface area contributed by atoms with Crippen LogP contribution in [0.5, 0.6) is 5.75 Å². The van der Waals surface area contributed by atoms with Crippen LogP contribution in [0.2, 0.25) is 0 Å². The molecule has 1 aliphatic rings. The van der Waals surface area contributed by atoms with Crippen LogP contribution in [0.15, 0.2) is 48.5 Å². The van der Waals surface area contributed by atoms with E-state index in [1.807, 2.05) is 56.3 Å². The quantitative estimate of drug-likeness (QED) is 0.600. The summed E-state index contributed by atoms with van der Waals surface area (Å²) in [5.74, 6) is 1.25. The molecule has 2 unspecified atom stereocenters.